The molecule has 3 rings (SSSR count). The van der Waals surface area contributed by atoms with Crippen molar-refractivity contribution in [3.63, 3.8) is 0 Å². The molecule has 0 aromatic heterocycles. The third-order valence-electron chi connectivity index (χ3n) is 4.45. The number of carbonyl (C=O) groups excluding carboxylic acids is 1. The number of halogens is 1. The second kappa shape index (κ2) is 7.69. The van der Waals surface area contributed by atoms with Gasteiger partial charge in [0.05, 0.1) is 13.0 Å². The zero-order chi connectivity index (χ0) is 16.9. The Balaban J connectivity index is 1.64. The van der Waals surface area contributed by atoms with Crippen LogP contribution in [0.1, 0.15) is 17.0 Å². The van der Waals surface area contributed by atoms with Gasteiger partial charge in [-0.3, -0.25) is 4.79 Å². The summed E-state index contributed by atoms with van der Waals surface area (Å²) in [7, 11) is 1.64. The molecule has 0 saturated carbocycles. The Morgan fingerprint density at radius 3 is 2.79 bits per heavy atom. The molecule has 2 aromatic rings. The monoisotopic (exact) mass is 344 g/mol. The van der Waals surface area contributed by atoms with Crippen molar-refractivity contribution >= 4 is 17.5 Å². The van der Waals surface area contributed by atoms with Crippen LogP contribution < -0.4 is 15.4 Å². The van der Waals surface area contributed by atoms with Crippen LogP contribution in [-0.4, -0.2) is 26.1 Å². The molecule has 0 bridgehead atoms. The normalized spacial score (nSPS) is 19.9. The highest BCUT2D eigenvalue weighted by molar-refractivity contribution is 6.30. The van der Waals surface area contributed by atoms with Crippen LogP contribution in [0.3, 0.4) is 0 Å². The van der Waals surface area contributed by atoms with E-state index in [1.54, 1.807) is 7.11 Å². The van der Waals surface area contributed by atoms with Crippen LogP contribution in [0.5, 0.6) is 5.75 Å². The van der Waals surface area contributed by atoms with Crippen molar-refractivity contribution in [2.45, 2.75) is 12.5 Å². The van der Waals surface area contributed by atoms with Crippen LogP contribution in [0.25, 0.3) is 0 Å². The van der Waals surface area contributed by atoms with Gasteiger partial charge in [0.25, 0.3) is 0 Å². The average molecular weight is 345 g/mol. The van der Waals surface area contributed by atoms with Crippen LogP contribution in [-0.2, 0) is 11.3 Å². The number of rotatable bonds is 5. The van der Waals surface area contributed by atoms with E-state index in [0.29, 0.717) is 18.1 Å². The number of amides is 1. The molecule has 2 atom stereocenters. The Morgan fingerprint density at radius 2 is 2.04 bits per heavy atom. The minimum absolute atomic E-state index is 0.0720. The molecular formula is C19H21ClN2O2. The standard InChI is InChI=1S/C19H21ClN2O2/c1-24-16-4-2-3-13(9-16)10-22-19(23)18-12-21-11-17(18)14-5-7-15(20)8-6-14/h2-9,17-18,21H,10-12H2,1H3,(H,22,23). The first-order valence-electron chi connectivity index (χ1n) is 8.04. The first-order valence-corrected chi connectivity index (χ1v) is 8.42. The summed E-state index contributed by atoms with van der Waals surface area (Å²) in [6.07, 6.45) is 0. The number of nitrogens with one attached hydrogen (secondary N) is 2. The molecule has 2 N–H and O–H groups in total. The fraction of sp³-hybridized carbons (Fsp3) is 0.316. The van der Waals surface area contributed by atoms with E-state index in [0.717, 1.165) is 23.4 Å². The lowest BCUT2D eigenvalue weighted by Crippen LogP contribution is -2.34. The molecule has 0 aliphatic carbocycles. The van der Waals surface area contributed by atoms with Gasteiger partial charge in [-0.25, -0.2) is 0 Å². The summed E-state index contributed by atoms with van der Waals surface area (Å²) in [5.41, 5.74) is 2.17. The number of methoxy groups -OCH3 is 1. The summed E-state index contributed by atoms with van der Waals surface area (Å²) in [6.45, 7) is 2.00. The van der Waals surface area contributed by atoms with Gasteiger partial charge in [-0.05, 0) is 35.4 Å². The fourth-order valence-electron chi connectivity index (χ4n) is 3.12. The zero-order valence-corrected chi connectivity index (χ0v) is 14.3. The minimum Gasteiger partial charge on any atom is -0.497 e. The minimum atomic E-state index is -0.0724. The lowest BCUT2D eigenvalue weighted by molar-refractivity contribution is -0.125. The van der Waals surface area contributed by atoms with Crippen LogP contribution in [0.4, 0.5) is 0 Å². The van der Waals surface area contributed by atoms with Crippen molar-refractivity contribution < 1.29 is 9.53 Å². The van der Waals surface area contributed by atoms with Crippen LogP contribution >= 0.6 is 11.6 Å². The summed E-state index contributed by atoms with van der Waals surface area (Å²) in [6, 6.07) is 15.5. The first-order chi connectivity index (χ1) is 11.7. The van der Waals surface area contributed by atoms with Crippen LogP contribution in [0, 0.1) is 5.92 Å². The summed E-state index contributed by atoms with van der Waals surface area (Å²) >= 11 is 5.95. The molecule has 1 heterocycles. The molecule has 1 aliphatic rings. The Bertz CT molecular complexity index is 703. The Labute approximate surface area is 147 Å². The molecule has 1 fully saturated rings. The Morgan fingerprint density at radius 1 is 1.25 bits per heavy atom. The highest BCUT2D eigenvalue weighted by atomic mass is 35.5. The van der Waals surface area contributed by atoms with Gasteiger partial charge in [0, 0.05) is 30.6 Å². The smallest absolute Gasteiger partial charge is 0.225 e. The highest BCUT2D eigenvalue weighted by Gasteiger charge is 2.33. The maximum Gasteiger partial charge on any atom is 0.225 e. The molecule has 2 unspecified atom stereocenters. The molecule has 0 radical (unpaired) electrons. The molecule has 4 nitrogen and oxygen atoms in total. The largest absolute Gasteiger partial charge is 0.497 e. The summed E-state index contributed by atoms with van der Waals surface area (Å²) < 4.78 is 5.21. The van der Waals surface area contributed by atoms with Crippen molar-refractivity contribution in [1.29, 1.82) is 0 Å². The summed E-state index contributed by atoms with van der Waals surface area (Å²) in [5.74, 6) is 0.968. The van der Waals surface area contributed by atoms with Gasteiger partial charge in [-0.2, -0.15) is 0 Å². The Kier molecular flexibility index (Phi) is 5.38. The van der Waals surface area contributed by atoms with Crippen molar-refractivity contribution in [2.24, 2.45) is 5.92 Å². The number of hydrogen-bond donors (Lipinski definition) is 2. The van der Waals surface area contributed by atoms with Gasteiger partial charge in [0.2, 0.25) is 5.91 Å². The van der Waals surface area contributed by atoms with Crippen molar-refractivity contribution in [2.75, 3.05) is 20.2 Å². The summed E-state index contributed by atoms with van der Waals surface area (Å²) in [5, 5.41) is 7.07. The van der Waals surface area contributed by atoms with E-state index in [1.165, 1.54) is 0 Å². The number of hydrogen-bond acceptors (Lipinski definition) is 3. The lowest BCUT2D eigenvalue weighted by atomic mass is 9.88. The third-order valence-corrected chi connectivity index (χ3v) is 4.70. The van der Waals surface area contributed by atoms with E-state index in [4.69, 9.17) is 16.3 Å². The van der Waals surface area contributed by atoms with E-state index in [1.807, 2.05) is 48.5 Å². The van der Waals surface area contributed by atoms with Crippen molar-refractivity contribution in [3.05, 3.63) is 64.7 Å². The molecule has 1 amide bonds. The number of benzene rings is 2. The molecule has 1 aliphatic heterocycles. The molecular weight excluding hydrogens is 324 g/mol. The second-order valence-corrected chi connectivity index (χ2v) is 6.43. The van der Waals surface area contributed by atoms with Crippen LogP contribution in [0.15, 0.2) is 48.5 Å². The van der Waals surface area contributed by atoms with E-state index in [2.05, 4.69) is 10.6 Å². The number of ether oxygens (including phenoxy) is 1. The lowest BCUT2D eigenvalue weighted by Gasteiger charge is -2.19. The van der Waals surface area contributed by atoms with E-state index in [9.17, 15) is 4.79 Å². The first kappa shape index (κ1) is 16.8. The molecule has 24 heavy (non-hydrogen) atoms. The topological polar surface area (TPSA) is 50.4 Å². The maximum atomic E-state index is 12.6. The predicted molar refractivity (Wildman–Crippen MR) is 95.4 cm³/mol. The SMILES string of the molecule is COc1cccc(CNC(=O)C2CNCC2c2ccc(Cl)cc2)c1. The Hall–Kier alpha value is -2.04. The second-order valence-electron chi connectivity index (χ2n) is 5.99. The maximum absolute atomic E-state index is 12.6. The molecule has 1 saturated heterocycles. The van der Waals surface area contributed by atoms with Crippen LogP contribution in [0.2, 0.25) is 5.02 Å². The van der Waals surface area contributed by atoms with E-state index < -0.39 is 0 Å². The average Bonchev–Trinajstić information content (AvgIpc) is 3.10. The van der Waals surface area contributed by atoms with Crippen molar-refractivity contribution in [3.8, 4) is 5.75 Å². The molecule has 2 aromatic carbocycles. The van der Waals surface area contributed by atoms with Gasteiger partial charge in [-0.1, -0.05) is 35.9 Å². The van der Waals surface area contributed by atoms with E-state index in [-0.39, 0.29) is 17.7 Å². The number of carbonyl (C=O) groups is 1. The van der Waals surface area contributed by atoms with E-state index >= 15 is 0 Å². The van der Waals surface area contributed by atoms with Gasteiger partial charge in [-0.15, -0.1) is 0 Å². The van der Waals surface area contributed by atoms with Gasteiger partial charge < -0.3 is 15.4 Å². The predicted octanol–water partition coefficient (Wildman–Crippen LogP) is 2.97. The third kappa shape index (κ3) is 3.89. The molecule has 126 valence electrons. The quantitative estimate of drug-likeness (QED) is 0.876. The van der Waals surface area contributed by atoms with Gasteiger partial charge >= 0.3 is 0 Å². The molecule has 5 heteroatoms. The highest BCUT2D eigenvalue weighted by Crippen LogP contribution is 2.29. The van der Waals surface area contributed by atoms with Gasteiger partial charge in [0.15, 0.2) is 0 Å². The van der Waals surface area contributed by atoms with Crippen molar-refractivity contribution in [1.82, 2.24) is 10.6 Å². The summed E-state index contributed by atoms with van der Waals surface area (Å²) in [4.78, 5) is 12.6. The fourth-order valence-corrected chi connectivity index (χ4v) is 3.24. The zero-order valence-electron chi connectivity index (χ0n) is 13.6. The molecule has 0 spiro atoms. The van der Waals surface area contributed by atoms with Gasteiger partial charge in [0.1, 0.15) is 5.75 Å².